The van der Waals surface area contributed by atoms with Crippen LogP contribution >= 0.6 is 0 Å². The van der Waals surface area contributed by atoms with Crippen LogP contribution in [0.25, 0.3) is 0 Å². The van der Waals surface area contributed by atoms with Gasteiger partial charge in [-0.05, 0) is 67.3 Å². The maximum atomic E-state index is 14.2. The first-order chi connectivity index (χ1) is 20.3. The molecule has 0 saturated carbocycles. The number of likely N-dealkylation sites (tertiary alicyclic amines) is 1. The summed E-state index contributed by atoms with van der Waals surface area (Å²) >= 11 is 0. The molecule has 228 valence electrons. The molecule has 5 rings (SSSR count). The second kappa shape index (κ2) is 11.3. The van der Waals surface area contributed by atoms with Gasteiger partial charge in [0, 0.05) is 31.3 Å². The Morgan fingerprint density at radius 3 is 2.44 bits per heavy atom. The Kier molecular flexibility index (Phi) is 7.90. The third-order valence-corrected chi connectivity index (χ3v) is 7.10. The molecule has 8 nitrogen and oxygen atoms in total. The minimum absolute atomic E-state index is 0.0520. The summed E-state index contributed by atoms with van der Waals surface area (Å²) in [5, 5.41) is 9.54. The minimum atomic E-state index is -5.13. The lowest BCUT2D eigenvalue weighted by molar-refractivity contribution is -0.286. The van der Waals surface area contributed by atoms with Crippen LogP contribution in [0.5, 0.6) is 17.2 Å². The smallest absolute Gasteiger partial charge is 0.496 e. The number of anilines is 2. The highest BCUT2D eigenvalue weighted by Gasteiger charge is 2.44. The average molecular weight is 611 g/mol. The molecule has 0 spiro atoms. The number of carbonyl (C=O) groups is 2. The Bertz CT molecular complexity index is 1560. The van der Waals surface area contributed by atoms with Gasteiger partial charge in [0.1, 0.15) is 11.6 Å². The molecule has 14 heteroatoms. The number of piperidine rings is 1. The first kappa shape index (κ1) is 30.0. The van der Waals surface area contributed by atoms with Crippen LogP contribution in [0.2, 0.25) is 0 Å². The number of methoxy groups -OCH3 is 1. The SMILES string of the molecule is COc1ccc(C(=O)N2CCCC(CO)C2)cc1C(=O)N(c1ccc2c(c1)OC(F)(F)O2)c1ccc(F)c(C(F)(F)F)c1. The predicted octanol–water partition coefficient (Wildman–Crippen LogP) is 6.00. The van der Waals surface area contributed by atoms with Gasteiger partial charge in [-0.2, -0.15) is 13.2 Å². The number of fused-ring (bicyclic) bond motifs is 1. The summed E-state index contributed by atoms with van der Waals surface area (Å²) in [6.45, 7) is 0.590. The van der Waals surface area contributed by atoms with E-state index in [1.807, 2.05) is 0 Å². The molecule has 1 unspecified atom stereocenters. The van der Waals surface area contributed by atoms with E-state index in [9.17, 15) is 41.0 Å². The van der Waals surface area contributed by atoms with Crippen LogP contribution in [0.15, 0.2) is 54.6 Å². The fraction of sp³-hybridized carbons (Fsp3) is 0.310. The number of hydrogen-bond acceptors (Lipinski definition) is 6. The largest absolute Gasteiger partial charge is 0.586 e. The van der Waals surface area contributed by atoms with Gasteiger partial charge in [-0.25, -0.2) is 4.39 Å². The predicted molar refractivity (Wildman–Crippen MR) is 139 cm³/mol. The lowest BCUT2D eigenvalue weighted by atomic mass is 9.98. The van der Waals surface area contributed by atoms with E-state index in [1.54, 1.807) is 0 Å². The van der Waals surface area contributed by atoms with Crippen LogP contribution in [0.4, 0.5) is 37.7 Å². The molecule has 1 saturated heterocycles. The molecule has 1 atom stereocenters. The van der Waals surface area contributed by atoms with E-state index in [0.29, 0.717) is 25.1 Å². The van der Waals surface area contributed by atoms with Gasteiger partial charge in [-0.15, -0.1) is 8.78 Å². The van der Waals surface area contributed by atoms with Crippen LogP contribution in [0.1, 0.15) is 39.1 Å². The van der Waals surface area contributed by atoms with Crippen LogP contribution in [0.3, 0.4) is 0 Å². The van der Waals surface area contributed by atoms with E-state index in [1.165, 1.54) is 30.2 Å². The van der Waals surface area contributed by atoms with E-state index in [0.717, 1.165) is 35.6 Å². The van der Waals surface area contributed by atoms with Crippen LogP contribution in [-0.4, -0.2) is 54.9 Å². The lowest BCUT2D eigenvalue weighted by Gasteiger charge is -2.32. The summed E-state index contributed by atoms with van der Waals surface area (Å²) in [4.78, 5) is 29.7. The van der Waals surface area contributed by atoms with E-state index >= 15 is 0 Å². The zero-order chi connectivity index (χ0) is 31.1. The summed E-state index contributed by atoms with van der Waals surface area (Å²) in [5.41, 5.74) is -2.57. The Morgan fingerprint density at radius 1 is 1.05 bits per heavy atom. The molecule has 2 amide bonds. The number of rotatable bonds is 6. The molecule has 2 heterocycles. The van der Waals surface area contributed by atoms with Crippen molar-refractivity contribution in [3.8, 4) is 17.2 Å². The molecule has 2 aliphatic heterocycles. The van der Waals surface area contributed by atoms with Crippen molar-refractivity contribution in [2.75, 3.05) is 31.7 Å². The number of alkyl halides is 5. The number of hydrogen-bond donors (Lipinski definition) is 1. The van der Waals surface area contributed by atoms with Crippen molar-refractivity contribution in [1.29, 1.82) is 0 Å². The number of ether oxygens (including phenoxy) is 3. The van der Waals surface area contributed by atoms with E-state index in [-0.39, 0.29) is 47.4 Å². The molecule has 3 aromatic rings. The van der Waals surface area contributed by atoms with Crippen molar-refractivity contribution >= 4 is 23.2 Å². The third kappa shape index (κ3) is 6.05. The summed E-state index contributed by atoms with van der Waals surface area (Å²) in [6.07, 6.45) is -7.75. The average Bonchev–Trinajstić information content (AvgIpc) is 3.29. The van der Waals surface area contributed by atoms with Gasteiger partial charge in [-0.1, -0.05) is 0 Å². The van der Waals surface area contributed by atoms with Gasteiger partial charge in [0.25, 0.3) is 11.8 Å². The molecule has 2 aliphatic rings. The third-order valence-electron chi connectivity index (χ3n) is 7.10. The van der Waals surface area contributed by atoms with E-state index in [2.05, 4.69) is 9.47 Å². The maximum absolute atomic E-state index is 14.2. The Morgan fingerprint density at radius 2 is 1.74 bits per heavy atom. The first-order valence-corrected chi connectivity index (χ1v) is 13.0. The zero-order valence-electron chi connectivity index (χ0n) is 22.5. The Hall–Kier alpha value is -4.46. The van der Waals surface area contributed by atoms with Gasteiger partial charge >= 0.3 is 12.5 Å². The number of aliphatic hydroxyl groups is 1. The topological polar surface area (TPSA) is 88.5 Å². The number of aliphatic hydroxyl groups excluding tert-OH is 1. The Balaban J connectivity index is 1.61. The van der Waals surface area contributed by atoms with Gasteiger partial charge < -0.3 is 24.2 Å². The molecule has 1 fully saturated rings. The van der Waals surface area contributed by atoms with Crippen molar-refractivity contribution < 1.29 is 55.2 Å². The van der Waals surface area contributed by atoms with Crippen LogP contribution in [-0.2, 0) is 6.18 Å². The van der Waals surface area contributed by atoms with Crippen molar-refractivity contribution in [3.05, 3.63) is 77.1 Å². The lowest BCUT2D eigenvalue weighted by Crippen LogP contribution is -2.41. The highest BCUT2D eigenvalue weighted by Crippen LogP contribution is 2.45. The highest BCUT2D eigenvalue weighted by molar-refractivity contribution is 6.13. The quantitative estimate of drug-likeness (QED) is 0.345. The molecule has 0 aromatic heterocycles. The standard InChI is InChI=1S/C29H24F6N2O6/c1-41-23-8-4-17(26(39)36-10-2-3-16(14-36)15-38)11-20(23)27(40)37(18-5-7-22(30)21(12-18)28(31,32)33)19-6-9-24-25(13-19)43-29(34,35)42-24/h4-9,11-13,16,38H,2-3,10,14-15H2,1H3. The second-order valence-electron chi connectivity index (χ2n) is 9.96. The van der Waals surface area contributed by atoms with Gasteiger partial charge in [0.05, 0.1) is 29.6 Å². The number of benzene rings is 3. The number of nitrogens with zero attached hydrogens (tertiary/aromatic N) is 2. The molecule has 0 radical (unpaired) electrons. The summed E-state index contributed by atoms with van der Waals surface area (Å²) in [7, 11) is 1.23. The van der Waals surface area contributed by atoms with Crippen molar-refractivity contribution in [2.45, 2.75) is 25.3 Å². The fourth-order valence-corrected chi connectivity index (χ4v) is 5.04. The number of halogens is 6. The van der Waals surface area contributed by atoms with E-state index < -0.39 is 47.1 Å². The molecular formula is C29H24F6N2O6. The molecule has 43 heavy (non-hydrogen) atoms. The normalized spacial score (nSPS) is 17.5. The highest BCUT2D eigenvalue weighted by atomic mass is 19.4. The zero-order valence-corrected chi connectivity index (χ0v) is 22.5. The van der Waals surface area contributed by atoms with E-state index in [4.69, 9.17) is 4.74 Å². The number of carbonyl (C=O) groups excluding carboxylic acids is 2. The van der Waals surface area contributed by atoms with Gasteiger partial charge in [0.15, 0.2) is 11.5 Å². The van der Waals surface area contributed by atoms with Gasteiger partial charge in [0.2, 0.25) is 0 Å². The van der Waals surface area contributed by atoms with Crippen molar-refractivity contribution in [1.82, 2.24) is 4.90 Å². The molecule has 0 aliphatic carbocycles. The summed E-state index contributed by atoms with van der Waals surface area (Å²) in [6, 6.07) is 8.88. The van der Waals surface area contributed by atoms with Gasteiger partial charge in [-0.3, -0.25) is 14.5 Å². The maximum Gasteiger partial charge on any atom is 0.586 e. The minimum Gasteiger partial charge on any atom is -0.496 e. The number of amides is 2. The Labute approximate surface area is 241 Å². The van der Waals surface area contributed by atoms with Crippen LogP contribution < -0.4 is 19.1 Å². The molecule has 0 bridgehead atoms. The molecule has 1 N–H and O–H groups in total. The monoisotopic (exact) mass is 610 g/mol. The fourth-order valence-electron chi connectivity index (χ4n) is 5.04. The van der Waals surface area contributed by atoms with Crippen LogP contribution in [0, 0.1) is 11.7 Å². The summed E-state index contributed by atoms with van der Waals surface area (Å²) < 4.78 is 96.6. The second-order valence-corrected chi connectivity index (χ2v) is 9.96. The van der Waals surface area contributed by atoms with Crippen molar-refractivity contribution in [2.24, 2.45) is 5.92 Å². The summed E-state index contributed by atoms with van der Waals surface area (Å²) in [5.74, 6) is -4.13. The molecule has 3 aromatic carbocycles. The molecular weight excluding hydrogens is 586 g/mol. The van der Waals surface area contributed by atoms with Crippen molar-refractivity contribution in [3.63, 3.8) is 0 Å². The first-order valence-electron chi connectivity index (χ1n) is 13.0.